The third-order valence-electron chi connectivity index (χ3n) is 2.51. The van der Waals surface area contributed by atoms with Crippen molar-refractivity contribution in [3.8, 4) is 11.1 Å². The summed E-state index contributed by atoms with van der Waals surface area (Å²) in [5.41, 5.74) is -2.93. The summed E-state index contributed by atoms with van der Waals surface area (Å²) in [4.78, 5) is 2.70. The van der Waals surface area contributed by atoms with E-state index in [9.17, 15) is 22.0 Å². The van der Waals surface area contributed by atoms with Gasteiger partial charge in [-0.2, -0.15) is 17.6 Å². The first-order valence-electron chi connectivity index (χ1n) is 5.20. The zero-order valence-corrected chi connectivity index (χ0v) is 12.0. The molecule has 1 aromatic heterocycles. The molecule has 0 spiro atoms. The Bertz CT molecular complexity index is 692. The molecule has 0 aliphatic heterocycles. The highest BCUT2D eigenvalue weighted by Crippen LogP contribution is 2.42. The molecule has 2 aromatic rings. The molecule has 0 aliphatic rings. The topological polar surface area (TPSA) is 12.9 Å². The number of benzene rings is 1. The van der Waals surface area contributed by atoms with E-state index in [4.69, 9.17) is 34.8 Å². The first-order chi connectivity index (χ1) is 9.62. The number of rotatable bonds is 1. The van der Waals surface area contributed by atoms with Gasteiger partial charge in [-0.1, -0.05) is 34.8 Å². The minimum absolute atomic E-state index is 0.0604. The minimum Gasteiger partial charge on any atom is -0.214 e. The molecule has 0 N–H and O–H groups in total. The molecule has 0 saturated heterocycles. The Labute approximate surface area is 130 Å². The molecule has 9 heteroatoms. The predicted octanol–water partition coefficient (Wildman–Crippen LogP) is 6.01. The van der Waals surface area contributed by atoms with Crippen LogP contribution in [0.2, 0.25) is 15.1 Å². The second kappa shape index (κ2) is 5.59. The lowest BCUT2D eigenvalue weighted by molar-refractivity contribution is -0.141. The van der Waals surface area contributed by atoms with Crippen molar-refractivity contribution < 1.29 is 22.0 Å². The second-order valence-corrected chi connectivity index (χ2v) is 5.06. The standard InChI is InChI=1S/C12H3Cl3F5N/c13-4-1-2-5(14)10(15)8(4)9-6(16)3-7(12(18,19)20)21-11(9)17/h1-3H. The molecule has 0 atom stereocenters. The summed E-state index contributed by atoms with van der Waals surface area (Å²) in [7, 11) is 0. The van der Waals surface area contributed by atoms with E-state index in [2.05, 4.69) is 4.98 Å². The van der Waals surface area contributed by atoms with Crippen LogP contribution in [-0.2, 0) is 6.18 Å². The Morgan fingerprint density at radius 3 is 2.00 bits per heavy atom. The van der Waals surface area contributed by atoms with E-state index in [0.29, 0.717) is 0 Å². The van der Waals surface area contributed by atoms with Crippen LogP contribution in [-0.4, -0.2) is 4.98 Å². The van der Waals surface area contributed by atoms with E-state index in [1.165, 1.54) is 12.1 Å². The van der Waals surface area contributed by atoms with Crippen LogP contribution < -0.4 is 0 Å². The molecule has 1 heterocycles. The van der Waals surface area contributed by atoms with E-state index < -0.39 is 29.2 Å². The lowest BCUT2D eigenvalue weighted by Crippen LogP contribution is -2.11. The summed E-state index contributed by atoms with van der Waals surface area (Å²) in [5, 5.41) is -0.526. The number of hydrogen-bond donors (Lipinski definition) is 0. The summed E-state index contributed by atoms with van der Waals surface area (Å²) in [6, 6.07) is 2.55. The summed E-state index contributed by atoms with van der Waals surface area (Å²) < 4.78 is 65.0. The molecule has 0 fully saturated rings. The Kier molecular flexibility index (Phi) is 4.33. The van der Waals surface area contributed by atoms with Crippen LogP contribution >= 0.6 is 34.8 Å². The molecule has 1 aromatic carbocycles. The maximum atomic E-state index is 13.9. The Morgan fingerprint density at radius 2 is 1.48 bits per heavy atom. The highest BCUT2D eigenvalue weighted by Gasteiger charge is 2.35. The van der Waals surface area contributed by atoms with Gasteiger partial charge in [-0.05, 0) is 12.1 Å². The van der Waals surface area contributed by atoms with Crippen LogP contribution in [0, 0.1) is 11.8 Å². The Hall–Kier alpha value is -1.11. The minimum atomic E-state index is -4.98. The molecular weight excluding hydrogens is 359 g/mol. The second-order valence-electron chi connectivity index (χ2n) is 3.87. The third-order valence-corrected chi connectivity index (χ3v) is 3.63. The van der Waals surface area contributed by atoms with E-state index in [0.717, 1.165) is 0 Å². The molecule has 0 unspecified atom stereocenters. The molecule has 0 saturated carbocycles. The number of hydrogen-bond acceptors (Lipinski definition) is 1. The maximum absolute atomic E-state index is 13.9. The van der Waals surface area contributed by atoms with Crippen LogP contribution in [0.1, 0.15) is 5.69 Å². The fourth-order valence-electron chi connectivity index (χ4n) is 1.61. The summed E-state index contributed by atoms with van der Waals surface area (Å²) in [5.74, 6) is -3.19. The van der Waals surface area contributed by atoms with Crippen molar-refractivity contribution in [2.45, 2.75) is 6.18 Å². The van der Waals surface area contributed by atoms with Gasteiger partial charge in [-0.25, -0.2) is 9.37 Å². The van der Waals surface area contributed by atoms with Crippen LogP contribution in [0.25, 0.3) is 11.1 Å². The molecule has 0 aliphatic carbocycles. The van der Waals surface area contributed by atoms with Gasteiger partial charge in [0.15, 0.2) is 5.69 Å². The van der Waals surface area contributed by atoms with Gasteiger partial charge in [-0.15, -0.1) is 0 Å². The normalized spacial score (nSPS) is 11.8. The largest absolute Gasteiger partial charge is 0.433 e. The molecule has 112 valence electrons. The summed E-state index contributed by atoms with van der Waals surface area (Å²) in [6.45, 7) is 0. The number of aromatic nitrogens is 1. The SMILES string of the molecule is Fc1cc(C(F)(F)F)nc(F)c1-c1c(Cl)ccc(Cl)c1Cl. The van der Waals surface area contributed by atoms with Gasteiger partial charge in [0, 0.05) is 11.6 Å². The quantitative estimate of drug-likeness (QED) is 0.344. The summed E-state index contributed by atoms with van der Waals surface area (Å²) >= 11 is 17.3. The van der Waals surface area contributed by atoms with Crippen LogP contribution in [0.3, 0.4) is 0 Å². The van der Waals surface area contributed by atoms with Gasteiger partial charge in [-0.3, -0.25) is 0 Å². The van der Waals surface area contributed by atoms with Crippen LogP contribution in [0.5, 0.6) is 0 Å². The lowest BCUT2D eigenvalue weighted by atomic mass is 10.1. The monoisotopic (exact) mass is 361 g/mol. The van der Waals surface area contributed by atoms with Crippen molar-refractivity contribution in [1.82, 2.24) is 4.98 Å². The van der Waals surface area contributed by atoms with Crippen molar-refractivity contribution in [2.75, 3.05) is 0 Å². The van der Waals surface area contributed by atoms with E-state index in [1.54, 1.807) is 0 Å². The number of nitrogens with zero attached hydrogens (tertiary/aromatic N) is 1. The predicted molar refractivity (Wildman–Crippen MR) is 69.6 cm³/mol. The average molecular weight is 363 g/mol. The zero-order valence-electron chi connectivity index (χ0n) is 9.70. The van der Waals surface area contributed by atoms with Crippen LogP contribution in [0.15, 0.2) is 18.2 Å². The van der Waals surface area contributed by atoms with E-state index in [-0.39, 0.29) is 26.7 Å². The first-order valence-corrected chi connectivity index (χ1v) is 6.33. The molecular formula is C12H3Cl3F5N. The number of alkyl halides is 3. The van der Waals surface area contributed by atoms with Crippen molar-refractivity contribution in [3.63, 3.8) is 0 Å². The van der Waals surface area contributed by atoms with Gasteiger partial charge in [0.05, 0.1) is 20.6 Å². The van der Waals surface area contributed by atoms with Crippen molar-refractivity contribution in [3.05, 3.63) is 50.7 Å². The van der Waals surface area contributed by atoms with Gasteiger partial charge in [0.25, 0.3) is 0 Å². The van der Waals surface area contributed by atoms with E-state index in [1.807, 2.05) is 0 Å². The molecule has 0 radical (unpaired) electrons. The first kappa shape index (κ1) is 16.3. The Balaban J connectivity index is 2.75. The number of halogens is 8. The highest BCUT2D eigenvalue weighted by molar-refractivity contribution is 6.46. The van der Waals surface area contributed by atoms with Crippen molar-refractivity contribution >= 4 is 34.8 Å². The molecule has 0 amide bonds. The van der Waals surface area contributed by atoms with Gasteiger partial charge >= 0.3 is 6.18 Å². The van der Waals surface area contributed by atoms with Gasteiger partial charge in [0.1, 0.15) is 5.82 Å². The molecule has 21 heavy (non-hydrogen) atoms. The molecule has 2 rings (SSSR count). The van der Waals surface area contributed by atoms with Crippen molar-refractivity contribution in [2.24, 2.45) is 0 Å². The van der Waals surface area contributed by atoms with Gasteiger partial charge < -0.3 is 0 Å². The third kappa shape index (κ3) is 3.07. The zero-order chi connectivity index (χ0) is 15.9. The smallest absolute Gasteiger partial charge is 0.214 e. The van der Waals surface area contributed by atoms with Gasteiger partial charge in [0.2, 0.25) is 5.95 Å². The fourth-order valence-corrected chi connectivity index (χ4v) is 2.33. The average Bonchev–Trinajstić information content (AvgIpc) is 2.36. The van der Waals surface area contributed by atoms with Crippen molar-refractivity contribution in [1.29, 1.82) is 0 Å². The van der Waals surface area contributed by atoms with Crippen LogP contribution in [0.4, 0.5) is 22.0 Å². The lowest BCUT2D eigenvalue weighted by Gasteiger charge is -2.12. The highest BCUT2D eigenvalue weighted by atomic mass is 35.5. The summed E-state index contributed by atoms with van der Waals surface area (Å²) in [6.07, 6.45) is -4.98. The molecule has 1 nitrogen and oxygen atoms in total. The van der Waals surface area contributed by atoms with E-state index >= 15 is 0 Å². The maximum Gasteiger partial charge on any atom is 0.433 e. The Morgan fingerprint density at radius 1 is 0.905 bits per heavy atom. The fraction of sp³-hybridized carbons (Fsp3) is 0.0833. The number of pyridine rings is 1. The molecule has 0 bridgehead atoms.